The average molecular weight is 225 g/mol. The molecule has 6 heteroatoms. The van der Waals surface area contributed by atoms with Crippen molar-refractivity contribution in [3.8, 4) is 0 Å². The molecule has 0 atom stereocenters. The lowest BCUT2D eigenvalue weighted by atomic mass is 10.3. The molecular formula is C9H11N3O2S. The van der Waals surface area contributed by atoms with Crippen molar-refractivity contribution < 1.29 is 8.42 Å². The van der Waals surface area contributed by atoms with Crippen LogP contribution in [0.5, 0.6) is 0 Å². The minimum atomic E-state index is -3.40. The molecule has 2 heterocycles. The highest BCUT2D eigenvalue weighted by atomic mass is 32.2. The van der Waals surface area contributed by atoms with Crippen LogP contribution in [-0.4, -0.2) is 36.8 Å². The third-order valence-electron chi connectivity index (χ3n) is 2.17. The first kappa shape index (κ1) is 10.1. The van der Waals surface area contributed by atoms with E-state index in [1.165, 1.54) is 24.6 Å². The van der Waals surface area contributed by atoms with E-state index in [0.717, 1.165) is 0 Å². The summed E-state index contributed by atoms with van der Waals surface area (Å²) in [5.41, 5.74) is 0.581. The highest BCUT2D eigenvalue weighted by molar-refractivity contribution is 7.89. The maximum Gasteiger partial charge on any atom is 0.244 e. The Bertz CT molecular complexity index is 586. The Hall–Kier alpha value is -1.40. The van der Waals surface area contributed by atoms with Crippen LogP contribution in [0.3, 0.4) is 0 Å². The van der Waals surface area contributed by atoms with E-state index in [0.29, 0.717) is 11.0 Å². The normalized spacial score (nSPS) is 12.5. The molecule has 2 aromatic rings. The molecule has 0 radical (unpaired) electrons. The van der Waals surface area contributed by atoms with Crippen LogP contribution in [0.4, 0.5) is 0 Å². The Balaban J connectivity index is 2.74. The minimum absolute atomic E-state index is 0.260. The van der Waals surface area contributed by atoms with Crippen molar-refractivity contribution in [2.75, 3.05) is 14.1 Å². The van der Waals surface area contributed by atoms with E-state index in [1.807, 2.05) is 0 Å². The summed E-state index contributed by atoms with van der Waals surface area (Å²) in [5.74, 6) is 0. The smallest absolute Gasteiger partial charge is 0.244 e. The van der Waals surface area contributed by atoms with Crippen molar-refractivity contribution in [2.24, 2.45) is 0 Å². The molecule has 0 fully saturated rings. The SMILES string of the molecule is CN(C)S(=O)(=O)c1c[nH]c2ncccc12. The number of nitrogens with zero attached hydrogens (tertiary/aromatic N) is 2. The lowest BCUT2D eigenvalue weighted by Crippen LogP contribution is -2.21. The second-order valence-corrected chi connectivity index (χ2v) is 5.46. The number of aromatic nitrogens is 2. The van der Waals surface area contributed by atoms with Crippen LogP contribution in [0.1, 0.15) is 0 Å². The van der Waals surface area contributed by atoms with Gasteiger partial charge in [-0.05, 0) is 12.1 Å². The number of nitrogens with one attached hydrogen (secondary N) is 1. The summed E-state index contributed by atoms with van der Waals surface area (Å²) in [4.78, 5) is 7.13. The fourth-order valence-corrected chi connectivity index (χ4v) is 2.38. The summed E-state index contributed by atoms with van der Waals surface area (Å²) < 4.78 is 25.0. The molecule has 0 aliphatic rings. The summed E-state index contributed by atoms with van der Waals surface area (Å²) >= 11 is 0. The van der Waals surface area contributed by atoms with Gasteiger partial charge in [0.2, 0.25) is 10.0 Å². The van der Waals surface area contributed by atoms with Gasteiger partial charge in [-0.25, -0.2) is 17.7 Å². The van der Waals surface area contributed by atoms with E-state index < -0.39 is 10.0 Å². The monoisotopic (exact) mass is 225 g/mol. The van der Waals surface area contributed by atoms with Crippen LogP contribution >= 0.6 is 0 Å². The van der Waals surface area contributed by atoms with Gasteiger partial charge in [0.1, 0.15) is 10.5 Å². The predicted octanol–water partition coefficient (Wildman–Crippen LogP) is 0.813. The molecule has 0 amide bonds. The first-order valence-electron chi connectivity index (χ1n) is 4.38. The van der Waals surface area contributed by atoms with E-state index in [9.17, 15) is 8.42 Å². The molecule has 5 nitrogen and oxygen atoms in total. The standard InChI is InChI=1S/C9H11N3O2S/c1-12(2)15(13,14)8-6-11-9-7(8)4-3-5-10-9/h3-6H,1-2H3,(H,10,11). The topological polar surface area (TPSA) is 66.1 Å². The molecule has 0 unspecified atom stereocenters. The van der Waals surface area contributed by atoms with Crippen molar-refractivity contribution in [3.63, 3.8) is 0 Å². The summed E-state index contributed by atoms with van der Waals surface area (Å²) in [5, 5.41) is 0.617. The lowest BCUT2D eigenvalue weighted by molar-refractivity contribution is 0.521. The first-order chi connectivity index (χ1) is 7.03. The van der Waals surface area contributed by atoms with Gasteiger partial charge in [0.25, 0.3) is 0 Å². The number of sulfonamides is 1. The minimum Gasteiger partial charge on any atom is -0.345 e. The molecule has 1 N–H and O–H groups in total. The van der Waals surface area contributed by atoms with E-state index in [1.54, 1.807) is 18.3 Å². The van der Waals surface area contributed by atoms with Crippen molar-refractivity contribution in [2.45, 2.75) is 4.90 Å². The van der Waals surface area contributed by atoms with E-state index in [-0.39, 0.29) is 4.90 Å². The maximum atomic E-state index is 11.9. The first-order valence-corrected chi connectivity index (χ1v) is 5.82. The van der Waals surface area contributed by atoms with Gasteiger partial charge < -0.3 is 4.98 Å². The van der Waals surface area contributed by atoms with Gasteiger partial charge in [-0.15, -0.1) is 0 Å². The van der Waals surface area contributed by atoms with Crippen molar-refractivity contribution >= 4 is 21.1 Å². The summed E-state index contributed by atoms with van der Waals surface area (Å²) in [7, 11) is -0.389. The summed E-state index contributed by atoms with van der Waals surface area (Å²) in [6.45, 7) is 0. The molecule has 0 saturated carbocycles. The van der Waals surface area contributed by atoms with Crippen LogP contribution in [0.2, 0.25) is 0 Å². The van der Waals surface area contributed by atoms with Crippen LogP contribution < -0.4 is 0 Å². The van der Waals surface area contributed by atoms with Gasteiger partial charge in [-0.3, -0.25) is 0 Å². The van der Waals surface area contributed by atoms with Crippen LogP contribution in [0.15, 0.2) is 29.4 Å². The number of H-pyrrole nitrogens is 1. The Morgan fingerprint density at radius 1 is 1.40 bits per heavy atom. The molecular weight excluding hydrogens is 214 g/mol. The zero-order valence-corrected chi connectivity index (χ0v) is 9.25. The third kappa shape index (κ3) is 1.51. The Morgan fingerprint density at radius 3 is 2.80 bits per heavy atom. The van der Waals surface area contributed by atoms with Crippen molar-refractivity contribution in [1.82, 2.24) is 14.3 Å². The predicted molar refractivity (Wildman–Crippen MR) is 57.0 cm³/mol. The van der Waals surface area contributed by atoms with Gasteiger partial charge in [0.15, 0.2) is 0 Å². The van der Waals surface area contributed by atoms with Crippen LogP contribution in [0.25, 0.3) is 11.0 Å². The molecule has 0 aromatic carbocycles. The van der Waals surface area contributed by atoms with E-state index in [4.69, 9.17) is 0 Å². The number of hydrogen-bond acceptors (Lipinski definition) is 3. The molecule has 2 rings (SSSR count). The largest absolute Gasteiger partial charge is 0.345 e. The zero-order chi connectivity index (χ0) is 11.1. The average Bonchev–Trinajstić information content (AvgIpc) is 2.61. The van der Waals surface area contributed by atoms with E-state index in [2.05, 4.69) is 9.97 Å². The molecule has 15 heavy (non-hydrogen) atoms. The molecule has 0 saturated heterocycles. The maximum absolute atomic E-state index is 11.9. The number of aromatic amines is 1. The quantitative estimate of drug-likeness (QED) is 0.822. The lowest BCUT2D eigenvalue weighted by Gasteiger charge is -2.09. The Morgan fingerprint density at radius 2 is 2.13 bits per heavy atom. The second kappa shape index (κ2) is 3.32. The summed E-state index contributed by atoms with van der Waals surface area (Å²) in [6, 6.07) is 3.44. The number of fused-ring (bicyclic) bond motifs is 1. The fraction of sp³-hybridized carbons (Fsp3) is 0.222. The Kier molecular flexibility index (Phi) is 2.24. The Labute approximate surface area is 87.8 Å². The van der Waals surface area contributed by atoms with Gasteiger partial charge in [0, 0.05) is 31.9 Å². The van der Waals surface area contributed by atoms with Gasteiger partial charge in [-0.1, -0.05) is 0 Å². The summed E-state index contributed by atoms with van der Waals surface area (Å²) in [6.07, 6.45) is 3.08. The van der Waals surface area contributed by atoms with Crippen LogP contribution in [0, 0.1) is 0 Å². The molecule has 2 aromatic heterocycles. The number of rotatable bonds is 2. The molecule has 0 aliphatic heterocycles. The van der Waals surface area contributed by atoms with Gasteiger partial charge in [0.05, 0.1) is 0 Å². The highest BCUT2D eigenvalue weighted by Gasteiger charge is 2.21. The fourth-order valence-electron chi connectivity index (χ4n) is 1.34. The second-order valence-electron chi connectivity index (χ2n) is 3.34. The molecule has 0 spiro atoms. The van der Waals surface area contributed by atoms with E-state index >= 15 is 0 Å². The molecule has 0 bridgehead atoms. The van der Waals surface area contributed by atoms with Gasteiger partial charge >= 0.3 is 0 Å². The van der Waals surface area contributed by atoms with Crippen molar-refractivity contribution in [3.05, 3.63) is 24.5 Å². The van der Waals surface area contributed by atoms with Crippen molar-refractivity contribution in [1.29, 1.82) is 0 Å². The third-order valence-corrected chi connectivity index (χ3v) is 4.03. The number of pyridine rings is 1. The zero-order valence-electron chi connectivity index (χ0n) is 8.43. The molecule has 80 valence electrons. The van der Waals surface area contributed by atoms with Gasteiger partial charge in [-0.2, -0.15) is 0 Å². The van der Waals surface area contributed by atoms with Crippen LogP contribution in [-0.2, 0) is 10.0 Å². The molecule has 0 aliphatic carbocycles. The highest BCUT2D eigenvalue weighted by Crippen LogP contribution is 2.22. The number of hydrogen-bond donors (Lipinski definition) is 1.